The molecule has 0 amide bonds. The van der Waals surface area contributed by atoms with Gasteiger partial charge in [-0.25, -0.2) is 0 Å². The molecule has 0 saturated heterocycles. The van der Waals surface area contributed by atoms with E-state index in [-0.39, 0.29) is 5.54 Å². The highest BCUT2D eigenvalue weighted by molar-refractivity contribution is 7.99. The predicted molar refractivity (Wildman–Crippen MR) is 87.7 cm³/mol. The molecule has 1 aliphatic carbocycles. The Hall–Kier alpha value is -1.18. The van der Waals surface area contributed by atoms with E-state index in [1.54, 1.807) is 7.11 Å². The number of thioether (sulfide) groups is 1. The summed E-state index contributed by atoms with van der Waals surface area (Å²) in [6.45, 7) is 2.95. The van der Waals surface area contributed by atoms with Crippen LogP contribution in [0.5, 0.6) is 5.75 Å². The Balaban J connectivity index is 1.89. The molecule has 1 aliphatic rings. The first-order chi connectivity index (χ1) is 10.2. The maximum atomic E-state index is 9.57. The molecule has 0 bridgehead atoms. The largest absolute Gasteiger partial charge is 0.497 e. The second kappa shape index (κ2) is 7.72. The van der Waals surface area contributed by atoms with E-state index in [0.29, 0.717) is 5.92 Å². The first-order valence-corrected chi connectivity index (χ1v) is 8.66. The van der Waals surface area contributed by atoms with Crippen molar-refractivity contribution < 1.29 is 4.74 Å². The third kappa shape index (κ3) is 3.93. The fourth-order valence-corrected chi connectivity index (χ4v) is 4.23. The Morgan fingerprint density at radius 1 is 1.52 bits per heavy atom. The maximum absolute atomic E-state index is 9.57. The zero-order chi connectivity index (χ0) is 15.1. The summed E-state index contributed by atoms with van der Waals surface area (Å²) in [4.78, 5) is 1.23. The molecule has 2 atom stereocenters. The van der Waals surface area contributed by atoms with Crippen molar-refractivity contribution in [1.82, 2.24) is 5.32 Å². The SMILES string of the molecule is CCNC1(C#N)CCCC1CCSc1cccc(OC)c1. The van der Waals surface area contributed by atoms with Gasteiger partial charge in [-0.1, -0.05) is 19.4 Å². The molecule has 0 spiro atoms. The van der Waals surface area contributed by atoms with Crippen molar-refractivity contribution >= 4 is 11.8 Å². The van der Waals surface area contributed by atoms with E-state index in [9.17, 15) is 5.26 Å². The van der Waals surface area contributed by atoms with Crippen LogP contribution in [0.25, 0.3) is 0 Å². The Kier molecular flexibility index (Phi) is 5.96. The average molecular weight is 304 g/mol. The monoisotopic (exact) mass is 304 g/mol. The van der Waals surface area contributed by atoms with Gasteiger partial charge in [-0.3, -0.25) is 5.32 Å². The molecule has 1 aromatic carbocycles. The van der Waals surface area contributed by atoms with Gasteiger partial charge >= 0.3 is 0 Å². The Labute approximate surface area is 132 Å². The summed E-state index contributed by atoms with van der Waals surface area (Å²) in [5.74, 6) is 2.42. The van der Waals surface area contributed by atoms with Crippen LogP contribution in [0.4, 0.5) is 0 Å². The van der Waals surface area contributed by atoms with Crippen molar-refractivity contribution in [1.29, 1.82) is 5.26 Å². The second-order valence-electron chi connectivity index (χ2n) is 5.52. The van der Waals surface area contributed by atoms with Crippen molar-refractivity contribution in [3.8, 4) is 11.8 Å². The Morgan fingerprint density at radius 2 is 2.38 bits per heavy atom. The minimum Gasteiger partial charge on any atom is -0.497 e. The van der Waals surface area contributed by atoms with Gasteiger partial charge in [0.2, 0.25) is 0 Å². The first-order valence-electron chi connectivity index (χ1n) is 7.67. The number of methoxy groups -OCH3 is 1. The number of nitrogens with one attached hydrogen (secondary N) is 1. The smallest absolute Gasteiger partial charge is 0.119 e. The van der Waals surface area contributed by atoms with E-state index in [0.717, 1.165) is 37.3 Å². The number of nitriles is 1. The topological polar surface area (TPSA) is 45.0 Å². The Morgan fingerprint density at radius 3 is 3.10 bits per heavy atom. The number of hydrogen-bond acceptors (Lipinski definition) is 4. The summed E-state index contributed by atoms with van der Waals surface area (Å²) >= 11 is 1.85. The molecule has 0 aliphatic heterocycles. The fraction of sp³-hybridized carbons (Fsp3) is 0.588. The highest BCUT2D eigenvalue weighted by Crippen LogP contribution is 2.38. The van der Waals surface area contributed by atoms with Crippen molar-refractivity contribution in [2.24, 2.45) is 5.92 Å². The lowest BCUT2D eigenvalue weighted by Crippen LogP contribution is -2.47. The number of hydrogen-bond donors (Lipinski definition) is 1. The molecule has 4 heteroatoms. The minimum absolute atomic E-state index is 0.288. The molecule has 1 aromatic rings. The van der Waals surface area contributed by atoms with E-state index < -0.39 is 0 Å². The van der Waals surface area contributed by atoms with Crippen molar-refractivity contribution in [2.45, 2.75) is 43.0 Å². The highest BCUT2D eigenvalue weighted by Gasteiger charge is 2.41. The minimum atomic E-state index is -0.288. The molecule has 0 radical (unpaired) electrons. The lowest BCUT2D eigenvalue weighted by Gasteiger charge is -2.29. The molecule has 1 N–H and O–H groups in total. The maximum Gasteiger partial charge on any atom is 0.119 e. The van der Waals surface area contributed by atoms with E-state index in [2.05, 4.69) is 30.4 Å². The molecule has 114 valence electrons. The van der Waals surface area contributed by atoms with Crippen LogP contribution < -0.4 is 10.1 Å². The van der Waals surface area contributed by atoms with Gasteiger partial charge in [0.05, 0.1) is 13.2 Å². The van der Waals surface area contributed by atoms with Gasteiger partial charge in [-0.15, -0.1) is 11.8 Å². The third-order valence-electron chi connectivity index (χ3n) is 4.29. The zero-order valence-corrected chi connectivity index (χ0v) is 13.7. The van der Waals surface area contributed by atoms with E-state index in [4.69, 9.17) is 4.74 Å². The van der Waals surface area contributed by atoms with Crippen LogP contribution in [0.2, 0.25) is 0 Å². The quantitative estimate of drug-likeness (QED) is 0.777. The molecule has 0 aromatic heterocycles. The molecule has 2 rings (SSSR count). The summed E-state index contributed by atoms with van der Waals surface area (Å²) in [6.07, 6.45) is 4.41. The van der Waals surface area contributed by atoms with Crippen molar-refractivity contribution in [3.63, 3.8) is 0 Å². The normalized spacial score (nSPS) is 24.7. The summed E-state index contributed by atoms with van der Waals surface area (Å²) in [7, 11) is 1.69. The number of rotatable bonds is 7. The Bertz CT molecular complexity index is 500. The van der Waals surface area contributed by atoms with Crippen LogP contribution >= 0.6 is 11.8 Å². The summed E-state index contributed by atoms with van der Waals surface area (Å²) < 4.78 is 5.25. The molecular weight excluding hydrogens is 280 g/mol. The van der Waals surface area contributed by atoms with Crippen LogP contribution in [0, 0.1) is 17.2 Å². The van der Waals surface area contributed by atoms with Crippen LogP contribution in [0.1, 0.15) is 32.6 Å². The molecule has 3 nitrogen and oxygen atoms in total. The predicted octanol–water partition coefficient (Wildman–Crippen LogP) is 3.85. The van der Waals surface area contributed by atoms with Crippen LogP contribution in [0.15, 0.2) is 29.2 Å². The third-order valence-corrected chi connectivity index (χ3v) is 5.32. The summed E-state index contributed by atoms with van der Waals surface area (Å²) in [5, 5.41) is 13.0. The van der Waals surface area contributed by atoms with Crippen molar-refractivity contribution in [2.75, 3.05) is 19.4 Å². The zero-order valence-electron chi connectivity index (χ0n) is 12.9. The van der Waals surface area contributed by atoms with Crippen LogP contribution in [-0.4, -0.2) is 24.9 Å². The average Bonchev–Trinajstić information content (AvgIpc) is 2.91. The van der Waals surface area contributed by atoms with E-state index in [1.807, 2.05) is 23.9 Å². The van der Waals surface area contributed by atoms with Gasteiger partial charge in [-0.05, 0) is 55.7 Å². The molecule has 21 heavy (non-hydrogen) atoms. The van der Waals surface area contributed by atoms with Crippen LogP contribution in [0.3, 0.4) is 0 Å². The van der Waals surface area contributed by atoms with Gasteiger partial charge < -0.3 is 4.74 Å². The van der Waals surface area contributed by atoms with Gasteiger partial charge in [0.1, 0.15) is 11.3 Å². The van der Waals surface area contributed by atoms with Crippen molar-refractivity contribution in [3.05, 3.63) is 24.3 Å². The lowest BCUT2D eigenvalue weighted by atomic mass is 9.86. The second-order valence-corrected chi connectivity index (χ2v) is 6.69. The van der Waals surface area contributed by atoms with Gasteiger partial charge in [0.15, 0.2) is 0 Å². The van der Waals surface area contributed by atoms with E-state index in [1.165, 1.54) is 11.3 Å². The highest BCUT2D eigenvalue weighted by atomic mass is 32.2. The first kappa shape index (κ1) is 16.2. The molecular formula is C17H24N2OS. The van der Waals surface area contributed by atoms with Gasteiger partial charge in [-0.2, -0.15) is 5.26 Å². The van der Waals surface area contributed by atoms with Gasteiger partial charge in [0, 0.05) is 4.90 Å². The van der Waals surface area contributed by atoms with Crippen LogP contribution in [-0.2, 0) is 0 Å². The molecule has 1 saturated carbocycles. The molecule has 0 heterocycles. The van der Waals surface area contributed by atoms with Gasteiger partial charge in [0.25, 0.3) is 0 Å². The molecule has 2 unspecified atom stereocenters. The summed E-state index contributed by atoms with van der Waals surface area (Å²) in [5.41, 5.74) is -0.288. The lowest BCUT2D eigenvalue weighted by molar-refractivity contribution is 0.317. The van der Waals surface area contributed by atoms with E-state index >= 15 is 0 Å². The summed E-state index contributed by atoms with van der Waals surface area (Å²) in [6, 6.07) is 10.7. The standard InChI is InChI=1S/C17H24N2OS/c1-3-19-17(13-18)10-5-6-14(17)9-11-21-16-8-4-7-15(12-16)20-2/h4,7-8,12,14,19H,3,5-6,9-11H2,1-2H3. The number of ether oxygens (including phenoxy) is 1. The fourth-order valence-electron chi connectivity index (χ4n) is 3.21. The number of benzene rings is 1. The molecule has 1 fully saturated rings. The number of nitrogens with zero attached hydrogens (tertiary/aromatic N) is 1.